The molecule has 0 aromatic heterocycles. The number of nitrogens with zero attached hydrogens (tertiary/aromatic N) is 2. The topological polar surface area (TPSA) is 79.0 Å². The summed E-state index contributed by atoms with van der Waals surface area (Å²) in [6.45, 7) is 3.98. The highest BCUT2D eigenvalue weighted by atomic mass is 16.5. The first-order valence-electron chi connectivity index (χ1n) is 8.09. The van der Waals surface area contributed by atoms with Crippen molar-refractivity contribution in [2.75, 3.05) is 26.2 Å². The molecule has 0 radical (unpaired) electrons. The minimum atomic E-state index is -0.348. The Bertz CT molecular complexity index is 509. The molecule has 0 spiro atoms. The minimum absolute atomic E-state index is 0.0908. The molecular formula is C15H21N3O4. The van der Waals surface area contributed by atoms with Gasteiger partial charge in [-0.1, -0.05) is 0 Å². The quantitative estimate of drug-likeness (QED) is 0.660. The summed E-state index contributed by atoms with van der Waals surface area (Å²) in [4.78, 5) is 40.5. The Labute approximate surface area is 128 Å². The standard InChI is InChI=1S/C15H21N3O4/c1-8-6-16-4-5-17(8)11(19)7-18-14(20)12-9-2-3-10(22-9)13(12)15(18)21/h8-10,12-13,16H,2-7H2,1H3/t8-,9?,10?,12?,13?/m0/s1. The van der Waals surface area contributed by atoms with Crippen LogP contribution in [0.1, 0.15) is 19.8 Å². The maximum Gasteiger partial charge on any atom is 0.243 e. The summed E-state index contributed by atoms with van der Waals surface area (Å²) in [6.07, 6.45) is 1.46. The number of carbonyl (C=O) groups is 3. The van der Waals surface area contributed by atoms with E-state index in [4.69, 9.17) is 4.74 Å². The summed E-state index contributed by atoms with van der Waals surface area (Å²) in [5, 5.41) is 3.22. The molecule has 4 aliphatic rings. The fourth-order valence-electron chi connectivity index (χ4n) is 4.37. The molecule has 4 rings (SSSR count). The van der Waals surface area contributed by atoms with Gasteiger partial charge in [0, 0.05) is 25.7 Å². The van der Waals surface area contributed by atoms with Crippen molar-refractivity contribution in [2.45, 2.75) is 38.0 Å². The van der Waals surface area contributed by atoms with Crippen LogP contribution in [0.3, 0.4) is 0 Å². The molecule has 2 bridgehead atoms. The Balaban J connectivity index is 1.48. The molecule has 7 nitrogen and oxygen atoms in total. The second-order valence-electron chi connectivity index (χ2n) is 6.74. The zero-order valence-corrected chi connectivity index (χ0v) is 12.7. The van der Waals surface area contributed by atoms with E-state index in [2.05, 4.69) is 5.32 Å². The molecule has 7 heteroatoms. The lowest BCUT2D eigenvalue weighted by Gasteiger charge is -2.34. The monoisotopic (exact) mass is 307 g/mol. The van der Waals surface area contributed by atoms with Gasteiger partial charge in [0.05, 0.1) is 24.0 Å². The number of rotatable bonds is 2. The molecule has 4 fully saturated rings. The number of ether oxygens (including phenoxy) is 1. The summed E-state index contributed by atoms with van der Waals surface area (Å²) in [5.74, 6) is -1.25. The lowest BCUT2D eigenvalue weighted by atomic mass is 9.81. The summed E-state index contributed by atoms with van der Waals surface area (Å²) in [7, 11) is 0. The van der Waals surface area contributed by atoms with Crippen molar-refractivity contribution in [3.8, 4) is 0 Å². The van der Waals surface area contributed by atoms with Gasteiger partial charge in [-0.2, -0.15) is 0 Å². The average Bonchev–Trinajstić information content (AvgIpc) is 3.17. The first kappa shape index (κ1) is 14.1. The molecule has 22 heavy (non-hydrogen) atoms. The van der Waals surface area contributed by atoms with E-state index in [1.54, 1.807) is 4.90 Å². The van der Waals surface area contributed by atoms with Crippen molar-refractivity contribution >= 4 is 17.7 Å². The van der Waals surface area contributed by atoms with Gasteiger partial charge in [0.2, 0.25) is 17.7 Å². The summed E-state index contributed by atoms with van der Waals surface area (Å²) >= 11 is 0. The third kappa shape index (κ3) is 1.91. The summed E-state index contributed by atoms with van der Waals surface area (Å²) in [6, 6.07) is 0.0908. The van der Waals surface area contributed by atoms with Crippen molar-refractivity contribution in [3.63, 3.8) is 0 Å². The number of hydrogen-bond donors (Lipinski definition) is 1. The number of likely N-dealkylation sites (tertiary alicyclic amines) is 1. The lowest BCUT2D eigenvalue weighted by Crippen LogP contribution is -2.55. The number of amides is 3. The molecule has 4 heterocycles. The number of hydrogen-bond acceptors (Lipinski definition) is 5. The first-order chi connectivity index (χ1) is 10.6. The van der Waals surface area contributed by atoms with E-state index in [1.807, 2.05) is 6.92 Å². The van der Waals surface area contributed by atoms with Crippen LogP contribution >= 0.6 is 0 Å². The van der Waals surface area contributed by atoms with Crippen molar-refractivity contribution < 1.29 is 19.1 Å². The SMILES string of the molecule is C[C@H]1CNCCN1C(=O)CN1C(=O)C2C3CCC(O3)C2C1=O. The van der Waals surface area contributed by atoms with Gasteiger partial charge in [0.25, 0.3) is 0 Å². The van der Waals surface area contributed by atoms with Gasteiger partial charge in [-0.3, -0.25) is 19.3 Å². The van der Waals surface area contributed by atoms with Gasteiger partial charge in [-0.15, -0.1) is 0 Å². The van der Waals surface area contributed by atoms with Gasteiger partial charge in [-0.05, 0) is 19.8 Å². The molecule has 4 saturated heterocycles. The molecule has 3 amide bonds. The number of imide groups is 1. The van der Waals surface area contributed by atoms with Crippen LogP contribution in [0.2, 0.25) is 0 Å². The largest absolute Gasteiger partial charge is 0.373 e. The van der Waals surface area contributed by atoms with Gasteiger partial charge < -0.3 is 15.0 Å². The molecule has 0 aromatic rings. The third-order valence-corrected chi connectivity index (χ3v) is 5.49. The van der Waals surface area contributed by atoms with Crippen LogP contribution < -0.4 is 5.32 Å². The van der Waals surface area contributed by atoms with E-state index >= 15 is 0 Å². The summed E-state index contributed by atoms with van der Waals surface area (Å²) < 4.78 is 5.69. The predicted octanol–water partition coefficient (Wildman–Crippen LogP) is -1.03. The highest BCUT2D eigenvalue weighted by Crippen LogP contribution is 2.48. The molecule has 1 N–H and O–H groups in total. The normalized spacial score (nSPS) is 40.5. The van der Waals surface area contributed by atoms with E-state index in [0.29, 0.717) is 6.54 Å². The maximum absolute atomic E-state index is 12.5. The molecule has 0 aliphatic carbocycles. The fraction of sp³-hybridized carbons (Fsp3) is 0.800. The number of fused-ring (bicyclic) bond motifs is 5. The number of piperazine rings is 1. The molecule has 5 atom stereocenters. The van der Waals surface area contributed by atoms with Crippen LogP contribution in [0.15, 0.2) is 0 Å². The van der Waals surface area contributed by atoms with Crippen molar-refractivity contribution in [3.05, 3.63) is 0 Å². The fourth-order valence-corrected chi connectivity index (χ4v) is 4.37. The molecule has 120 valence electrons. The molecular weight excluding hydrogens is 286 g/mol. The smallest absolute Gasteiger partial charge is 0.243 e. The molecule has 4 unspecified atom stereocenters. The van der Waals surface area contributed by atoms with Gasteiger partial charge in [-0.25, -0.2) is 0 Å². The first-order valence-corrected chi connectivity index (χ1v) is 8.09. The number of nitrogens with one attached hydrogen (secondary N) is 1. The maximum atomic E-state index is 12.5. The van der Waals surface area contributed by atoms with Crippen LogP contribution in [0.4, 0.5) is 0 Å². The summed E-state index contributed by atoms with van der Waals surface area (Å²) in [5.41, 5.74) is 0. The van der Waals surface area contributed by atoms with Crippen LogP contribution in [-0.2, 0) is 19.1 Å². The zero-order valence-electron chi connectivity index (χ0n) is 12.7. The Morgan fingerprint density at radius 2 is 1.86 bits per heavy atom. The predicted molar refractivity (Wildman–Crippen MR) is 75.6 cm³/mol. The van der Waals surface area contributed by atoms with Crippen LogP contribution in [0.5, 0.6) is 0 Å². The van der Waals surface area contributed by atoms with Gasteiger partial charge in [0.15, 0.2) is 0 Å². The molecule has 0 saturated carbocycles. The van der Waals surface area contributed by atoms with Crippen molar-refractivity contribution in [2.24, 2.45) is 11.8 Å². The average molecular weight is 307 g/mol. The highest BCUT2D eigenvalue weighted by molar-refractivity contribution is 6.08. The van der Waals surface area contributed by atoms with Crippen molar-refractivity contribution in [1.82, 2.24) is 15.1 Å². The van der Waals surface area contributed by atoms with E-state index in [9.17, 15) is 14.4 Å². The van der Waals surface area contributed by atoms with Crippen LogP contribution in [0.25, 0.3) is 0 Å². The Morgan fingerprint density at radius 1 is 1.23 bits per heavy atom. The second-order valence-corrected chi connectivity index (χ2v) is 6.74. The van der Waals surface area contributed by atoms with E-state index in [0.717, 1.165) is 25.9 Å². The highest BCUT2D eigenvalue weighted by Gasteiger charge is 2.62. The third-order valence-electron chi connectivity index (χ3n) is 5.49. The van der Waals surface area contributed by atoms with Gasteiger partial charge >= 0.3 is 0 Å². The Hall–Kier alpha value is -1.47. The van der Waals surface area contributed by atoms with Gasteiger partial charge in [0.1, 0.15) is 6.54 Å². The van der Waals surface area contributed by atoms with E-state index in [-0.39, 0.29) is 54.4 Å². The Morgan fingerprint density at radius 3 is 2.45 bits per heavy atom. The van der Waals surface area contributed by atoms with Crippen LogP contribution in [-0.4, -0.2) is 72.0 Å². The van der Waals surface area contributed by atoms with Crippen LogP contribution in [0, 0.1) is 11.8 Å². The molecule has 4 aliphatic heterocycles. The number of carbonyl (C=O) groups excluding carboxylic acids is 3. The van der Waals surface area contributed by atoms with E-state index < -0.39 is 0 Å². The Kier molecular flexibility index (Phi) is 3.23. The zero-order chi connectivity index (χ0) is 15.4. The lowest BCUT2D eigenvalue weighted by molar-refractivity contribution is -0.149. The van der Waals surface area contributed by atoms with Crippen molar-refractivity contribution in [1.29, 1.82) is 0 Å². The van der Waals surface area contributed by atoms with E-state index in [1.165, 1.54) is 4.90 Å². The molecule has 0 aromatic carbocycles. The minimum Gasteiger partial charge on any atom is -0.373 e. The second kappa shape index (κ2) is 5.03.